The highest BCUT2D eigenvalue weighted by Crippen LogP contribution is 2.41. The minimum absolute atomic E-state index is 0.0442. The topological polar surface area (TPSA) is 196 Å². The first-order valence-corrected chi connectivity index (χ1v) is 25.8. The number of amides is 6. The van der Waals surface area contributed by atoms with Gasteiger partial charge in [0.1, 0.15) is 24.2 Å². The van der Waals surface area contributed by atoms with E-state index in [1.807, 2.05) is 55.7 Å². The van der Waals surface area contributed by atoms with E-state index in [4.69, 9.17) is 4.74 Å². The molecule has 0 aliphatic carbocycles. The number of alkyl carbamates (subject to hydrolysis) is 1. The van der Waals surface area contributed by atoms with Crippen LogP contribution in [0.3, 0.4) is 0 Å². The van der Waals surface area contributed by atoms with Crippen molar-refractivity contribution in [2.75, 3.05) is 44.3 Å². The predicted molar refractivity (Wildman–Crippen MR) is 242 cm³/mol. The minimum Gasteiger partial charge on any atom is -0.480 e. The molecule has 6 amide bonds. The molecule has 346 valence electrons. The summed E-state index contributed by atoms with van der Waals surface area (Å²) in [5.41, 5.74) is 1.32. The number of imide groups is 1. The molecule has 0 unspecified atom stereocenters. The highest BCUT2D eigenvalue weighted by atomic mass is 32.2. The van der Waals surface area contributed by atoms with Crippen LogP contribution in [0.4, 0.5) is 13.6 Å². The van der Waals surface area contributed by atoms with Crippen LogP contribution in [-0.4, -0.2) is 119 Å². The number of thioether (sulfide) groups is 1. The molecule has 3 aromatic rings. The van der Waals surface area contributed by atoms with Crippen LogP contribution < -0.4 is 16.0 Å². The lowest BCUT2D eigenvalue weighted by molar-refractivity contribution is -0.141. The van der Waals surface area contributed by atoms with Gasteiger partial charge >= 0.3 is 12.1 Å². The Morgan fingerprint density at radius 3 is 2.25 bits per heavy atom. The molecule has 2 atom stereocenters. The van der Waals surface area contributed by atoms with Crippen LogP contribution in [0.2, 0.25) is 25.7 Å². The third kappa shape index (κ3) is 15.8. The van der Waals surface area contributed by atoms with E-state index >= 15 is 4.39 Å². The zero-order valence-electron chi connectivity index (χ0n) is 37.1. The quantitative estimate of drug-likeness (QED) is 0.0529. The maximum Gasteiger partial charge on any atom is 0.407 e. The molecule has 2 heterocycles. The number of benzene rings is 2. The minimum atomic E-state index is -1.44. The van der Waals surface area contributed by atoms with E-state index in [0.717, 1.165) is 58.6 Å². The Kier molecular flexibility index (Phi) is 18.4. The Hall–Kier alpha value is -5.82. The van der Waals surface area contributed by atoms with Crippen LogP contribution in [0, 0.1) is 17.0 Å². The number of hydrogen-bond donors (Lipinski definition) is 4. The molecule has 1 aliphatic rings. The molecule has 0 fully saturated rings. The second-order valence-corrected chi connectivity index (χ2v) is 24.3. The lowest BCUT2D eigenvalue weighted by Crippen LogP contribution is -2.46. The molecule has 1 aromatic heterocycles. The van der Waals surface area contributed by atoms with Crippen molar-refractivity contribution in [2.24, 2.45) is 5.41 Å². The normalized spacial score (nSPS) is 13.7. The maximum atomic E-state index is 15.3. The smallest absolute Gasteiger partial charge is 0.407 e. The van der Waals surface area contributed by atoms with Gasteiger partial charge in [-0.3, -0.25) is 28.9 Å². The van der Waals surface area contributed by atoms with Gasteiger partial charge in [-0.2, -0.15) is 0 Å². The van der Waals surface area contributed by atoms with E-state index in [2.05, 4.69) is 35.6 Å². The average Bonchev–Trinajstić information content (AvgIpc) is 3.76. The maximum absolute atomic E-state index is 15.3. The van der Waals surface area contributed by atoms with Crippen LogP contribution in [-0.2, 0) is 40.0 Å². The average molecular weight is 925 g/mol. The molecule has 0 saturated heterocycles. The molecule has 0 radical (unpaired) electrons. The highest BCUT2D eigenvalue weighted by Gasteiger charge is 2.37. The fraction of sp³-hybridized carbons (Fsp3) is 0.444. The summed E-state index contributed by atoms with van der Waals surface area (Å²) in [6.07, 6.45) is 3.24. The van der Waals surface area contributed by atoms with E-state index in [9.17, 15) is 43.1 Å². The lowest BCUT2D eigenvalue weighted by Gasteiger charge is -2.41. The molecule has 0 bridgehead atoms. The van der Waals surface area contributed by atoms with Crippen LogP contribution in [0.5, 0.6) is 0 Å². The number of aromatic nitrogens is 1. The van der Waals surface area contributed by atoms with Crippen molar-refractivity contribution in [1.82, 2.24) is 30.3 Å². The molecule has 0 spiro atoms. The molecular formula is C45H58F2N6O9SSi. The Morgan fingerprint density at radius 2 is 1.61 bits per heavy atom. The summed E-state index contributed by atoms with van der Waals surface area (Å²) in [6.45, 7) is 12.6. The lowest BCUT2D eigenvalue weighted by atomic mass is 9.83. The second kappa shape index (κ2) is 23.2. The number of carboxylic acid groups (broad SMARTS) is 1. The molecule has 1 aliphatic heterocycles. The van der Waals surface area contributed by atoms with E-state index in [0.29, 0.717) is 30.8 Å². The van der Waals surface area contributed by atoms with Gasteiger partial charge in [-0.25, -0.2) is 18.4 Å². The monoisotopic (exact) mass is 924 g/mol. The number of hydrogen-bond acceptors (Lipinski definition) is 9. The van der Waals surface area contributed by atoms with Gasteiger partial charge in [0.25, 0.3) is 11.8 Å². The molecule has 4 rings (SSSR count). The summed E-state index contributed by atoms with van der Waals surface area (Å²) in [5.74, 6) is -6.02. The first-order chi connectivity index (χ1) is 30.1. The first kappa shape index (κ1) is 50.8. The third-order valence-corrected chi connectivity index (χ3v) is 12.8. The molecular weight excluding hydrogens is 867 g/mol. The Labute approximate surface area is 377 Å². The predicted octanol–water partition coefficient (Wildman–Crippen LogP) is 5.59. The fourth-order valence-electron chi connectivity index (χ4n) is 6.84. The largest absolute Gasteiger partial charge is 0.480 e. The van der Waals surface area contributed by atoms with Gasteiger partial charge in [0.2, 0.25) is 17.7 Å². The third-order valence-electron chi connectivity index (χ3n) is 10.0. The Morgan fingerprint density at radius 1 is 0.922 bits per heavy atom. The van der Waals surface area contributed by atoms with Gasteiger partial charge in [0.05, 0.1) is 18.4 Å². The van der Waals surface area contributed by atoms with Crippen molar-refractivity contribution < 1.29 is 52.2 Å². The number of nitrogens with zero attached hydrogens (tertiary/aromatic N) is 3. The first-order valence-electron chi connectivity index (χ1n) is 20.9. The summed E-state index contributed by atoms with van der Waals surface area (Å²) in [4.78, 5) is 90.1. The Bertz CT molecular complexity index is 2170. The number of aliphatic carboxylic acids is 1. The Balaban J connectivity index is 1.53. The number of carbonyl (C=O) groups is 7. The summed E-state index contributed by atoms with van der Waals surface area (Å²) in [6, 6.07) is 13.2. The standard InChI is InChI=1S/C45H58F2N6O9SSi/c1-45(2,3)42(36-23-31(33-24-32(46)13-14-34(33)47)26-51(36)25-30-11-8-7-9-12-30)52(20-10-18-49-44(61)62-21-22-64(4,5)6)41(58)29-63-28-35(43(59)60)50-37(54)17-19-48-38(55)27-53-39(56)15-16-40(53)57/h7-9,11-16,23-24,26,35,42H,10,17-22,25,27-29H2,1-6H3,(H,48,55)(H,49,61)(H,50,54)(H,59,60)/t35-,42-/m0/s1. The molecule has 0 saturated carbocycles. The van der Waals surface area contributed by atoms with Crippen molar-refractivity contribution in [3.63, 3.8) is 0 Å². The van der Waals surface area contributed by atoms with Crippen LogP contribution in [0.1, 0.15) is 50.9 Å². The number of carbonyl (C=O) groups excluding carboxylic acids is 6. The zero-order valence-corrected chi connectivity index (χ0v) is 38.9. The van der Waals surface area contributed by atoms with Crippen molar-refractivity contribution in [3.05, 3.63) is 95.8 Å². The number of ether oxygens (including phenoxy) is 1. The second-order valence-electron chi connectivity index (χ2n) is 17.6. The van der Waals surface area contributed by atoms with Crippen molar-refractivity contribution >= 4 is 61.4 Å². The molecule has 19 heteroatoms. The van der Waals surface area contributed by atoms with E-state index < -0.39 is 79.4 Å². The van der Waals surface area contributed by atoms with Crippen LogP contribution in [0.15, 0.2) is 72.9 Å². The molecule has 2 aromatic carbocycles. The molecule has 15 nitrogen and oxygen atoms in total. The van der Waals surface area contributed by atoms with Gasteiger partial charge < -0.3 is 35.3 Å². The fourth-order valence-corrected chi connectivity index (χ4v) is 8.47. The van der Waals surface area contributed by atoms with E-state index in [1.54, 1.807) is 17.2 Å². The van der Waals surface area contributed by atoms with Gasteiger partial charge in [0.15, 0.2) is 0 Å². The van der Waals surface area contributed by atoms with Gasteiger partial charge in [-0.1, -0.05) is 70.7 Å². The number of rotatable bonds is 23. The zero-order chi connectivity index (χ0) is 47.2. The van der Waals surface area contributed by atoms with Crippen molar-refractivity contribution in [3.8, 4) is 11.1 Å². The van der Waals surface area contributed by atoms with Gasteiger partial charge in [0, 0.05) is 81.6 Å². The van der Waals surface area contributed by atoms with Gasteiger partial charge in [-0.05, 0) is 47.7 Å². The van der Waals surface area contributed by atoms with Crippen LogP contribution in [0.25, 0.3) is 11.1 Å². The van der Waals surface area contributed by atoms with Gasteiger partial charge in [-0.15, -0.1) is 11.8 Å². The SMILES string of the molecule is CC(C)(C)[C@H](c1cc(-c2cc(F)ccc2F)cn1Cc1ccccc1)N(CCCNC(=O)OCC[Si](C)(C)C)C(=O)CSC[C@H](NC(=O)CCNC(=O)CN1C(=O)C=CC1=O)C(=O)O. The summed E-state index contributed by atoms with van der Waals surface area (Å²) in [5, 5.41) is 17.6. The highest BCUT2D eigenvalue weighted by molar-refractivity contribution is 8.00. The number of carboxylic acids is 1. The number of nitrogens with one attached hydrogen (secondary N) is 3. The van der Waals surface area contributed by atoms with E-state index in [1.165, 1.54) is 0 Å². The van der Waals surface area contributed by atoms with E-state index in [-0.39, 0.29) is 49.0 Å². The van der Waals surface area contributed by atoms with Crippen molar-refractivity contribution in [1.29, 1.82) is 0 Å². The van der Waals surface area contributed by atoms with Crippen molar-refractivity contribution in [2.45, 2.75) is 77.9 Å². The van der Waals surface area contributed by atoms with Crippen LogP contribution >= 0.6 is 11.8 Å². The number of halogens is 2. The summed E-state index contributed by atoms with van der Waals surface area (Å²) in [7, 11) is -1.44. The summed E-state index contributed by atoms with van der Waals surface area (Å²) >= 11 is 0.989. The molecule has 4 N–H and O–H groups in total. The summed E-state index contributed by atoms with van der Waals surface area (Å²) < 4.78 is 37.1. The molecule has 64 heavy (non-hydrogen) atoms.